The Labute approximate surface area is 153 Å². The zero-order chi connectivity index (χ0) is 19.3. The van der Waals surface area contributed by atoms with Crippen molar-refractivity contribution in [2.45, 2.75) is 38.7 Å². The highest BCUT2D eigenvalue weighted by molar-refractivity contribution is 5.94. The molecule has 0 saturated carbocycles. The van der Waals surface area contributed by atoms with Gasteiger partial charge in [0.05, 0.1) is 6.07 Å². The molecule has 2 atom stereocenters. The molecule has 0 fully saturated rings. The largest absolute Gasteiger partial charge is 0.459 e. The van der Waals surface area contributed by atoms with Crippen LogP contribution >= 0.6 is 0 Å². The second-order valence-corrected chi connectivity index (χ2v) is 7.15. The third-order valence-corrected chi connectivity index (χ3v) is 3.91. The Morgan fingerprint density at radius 1 is 1.27 bits per heavy atom. The van der Waals surface area contributed by atoms with Crippen molar-refractivity contribution in [2.75, 3.05) is 0 Å². The molecule has 1 aromatic heterocycles. The van der Waals surface area contributed by atoms with Crippen molar-refractivity contribution in [1.82, 2.24) is 9.55 Å². The second-order valence-electron chi connectivity index (χ2n) is 7.15. The van der Waals surface area contributed by atoms with E-state index >= 15 is 0 Å². The zero-order valence-corrected chi connectivity index (χ0v) is 15.5. The summed E-state index contributed by atoms with van der Waals surface area (Å²) in [5, 5.41) is 9.64. The first-order valence-electron chi connectivity index (χ1n) is 8.41. The molecule has 0 N–H and O–H groups in total. The fraction of sp³-hybridized carbons (Fsp3) is 0.400. The number of rotatable bonds is 6. The number of aryl methyl sites for hydroxylation is 1. The van der Waals surface area contributed by atoms with Crippen LogP contribution in [0.15, 0.2) is 42.7 Å². The standard InChI is InChI=1S/C20H23N3O3/c1-20(2,3)26-19(25)16(13-21)15(14-8-6-5-7-9-14)12-17(24)18-22-10-11-23(18)4/h5-11,15-16H,12H2,1-4H3. The molecule has 0 radical (unpaired) electrons. The number of ether oxygens (including phenoxy) is 1. The topological polar surface area (TPSA) is 85.0 Å². The molecule has 136 valence electrons. The van der Waals surface area contributed by atoms with Crippen molar-refractivity contribution >= 4 is 11.8 Å². The molecule has 26 heavy (non-hydrogen) atoms. The first kappa shape index (κ1) is 19.4. The molecule has 0 spiro atoms. The molecule has 1 aromatic carbocycles. The van der Waals surface area contributed by atoms with Gasteiger partial charge in [-0.1, -0.05) is 30.3 Å². The van der Waals surface area contributed by atoms with Crippen LogP contribution in [0.3, 0.4) is 0 Å². The Morgan fingerprint density at radius 2 is 1.92 bits per heavy atom. The van der Waals surface area contributed by atoms with Gasteiger partial charge in [0.1, 0.15) is 5.60 Å². The van der Waals surface area contributed by atoms with Gasteiger partial charge >= 0.3 is 5.97 Å². The van der Waals surface area contributed by atoms with E-state index in [9.17, 15) is 14.9 Å². The molecule has 0 aliphatic carbocycles. The summed E-state index contributed by atoms with van der Waals surface area (Å²) in [5.74, 6) is -2.25. The average Bonchev–Trinajstić information content (AvgIpc) is 3.00. The number of nitrogens with zero attached hydrogens (tertiary/aromatic N) is 3. The number of carbonyl (C=O) groups excluding carboxylic acids is 2. The van der Waals surface area contributed by atoms with Crippen LogP contribution in [0.5, 0.6) is 0 Å². The summed E-state index contributed by atoms with van der Waals surface area (Å²) in [6.07, 6.45) is 3.22. The maximum Gasteiger partial charge on any atom is 0.324 e. The van der Waals surface area contributed by atoms with Gasteiger partial charge in [-0.15, -0.1) is 0 Å². The van der Waals surface area contributed by atoms with Gasteiger partial charge in [-0.25, -0.2) is 4.98 Å². The van der Waals surface area contributed by atoms with Crippen LogP contribution in [-0.4, -0.2) is 26.9 Å². The highest BCUT2D eigenvalue weighted by atomic mass is 16.6. The summed E-state index contributed by atoms with van der Waals surface area (Å²) in [7, 11) is 1.73. The van der Waals surface area contributed by atoms with Crippen LogP contribution in [0.4, 0.5) is 0 Å². The lowest BCUT2D eigenvalue weighted by molar-refractivity contribution is -0.158. The third-order valence-electron chi connectivity index (χ3n) is 3.91. The van der Waals surface area contributed by atoms with Crippen molar-refractivity contribution in [3.63, 3.8) is 0 Å². The summed E-state index contributed by atoms with van der Waals surface area (Å²) >= 11 is 0. The summed E-state index contributed by atoms with van der Waals surface area (Å²) in [6, 6.07) is 11.1. The van der Waals surface area contributed by atoms with Crippen molar-refractivity contribution < 1.29 is 14.3 Å². The zero-order valence-electron chi connectivity index (χ0n) is 15.5. The molecule has 1 heterocycles. The highest BCUT2D eigenvalue weighted by Gasteiger charge is 2.35. The summed E-state index contributed by atoms with van der Waals surface area (Å²) in [5.41, 5.74) is 0.0318. The van der Waals surface area contributed by atoms with Gasteiger partial charge in [-0.3, -0.25) is 9.59 Å². The molecule has 0 aliphatic rings. The van der Waals surface area contributed by atoms with E-state index in [4.69, 9.17) is 4.74 Å². The Hall–Kier alpha value is -2.94. The number of aromatic nitrogens is 2. The molecule has 6 nitrogen and oxygen atoms in total. The van der Waals surface area contributed by atoms with Crippen LogP contribution < -0.4 is 0 Å². The highest BCUT2D eigenvalue weighted by Crippen LogP contribution is 2.31. The fourth-order valence-corrected chi connectivity index (χ4v) is 2.73. The van der Waals surface area contributed by atoms with Gasteiger partial charge in [0.15, 0.2) is 17.5 Å². The lowest BCUT2D eigenvalue weighted by Crippen LogP contribution is -2.32. The maximum atomic E-state index is 12.7. The average molecular weight is 353 g/mol. The number of esters is 1. The number of ketones is 1. The predicted molar refractivity (Wildman–Crippen MR) is 96.3 cm³/mol. The molecular weight excluding hydrogens is 330 g/mol. The molecule has 0 bridgehead atoms. The normalized spacial score (nSPS) is 13.5. The van der Waals surface area contributed by atoms with E-state index in [1.165, 1.54) is 0 Å². The number of hydrogen-bond acceptors (Lipinski definition) is 5. The maximum absolute atomic E-state index is 12.7. The summed E-state index contributed by atoms with van der Waals surface area (Å²) in [4.78, 5) is 29.3. The molecule has 6 heteroatoms. The van der Waals surface area contributed by atoms with Crippen LogP contribution in [0.1, 0.15) is 49.3 Å². The summed E-state index contributed by atoms with van der Waals surface area (Å²) in [6.45, 7) is 5.24. The number of nitriles is 1. The minimum absolute atomic E-state index is 0.00760. The lowest BCUT2D eigenvalue weighted by atomic mass is 9.83. The first-order valence-corrected chi connectivity index (χ1v) is 8.41. The van der Waals surface area contributed by atoms with Crippen LogP contribution in [0, 0.1) is 17.2 Å². The molecule has 0 aliphatic heterocycles. The third kappa shape index (κ3) is 4.79. The number of Topliss-reactive ketones (excluding diaryl/α,β-unsaturated/α-hetero) is 1. The van der Waals surface area contributed by atoms with E-state index in [1.807, 2.05) is 36.4 Å². The van der Waals surface area contributed by atoms with E-state index in [2.05, 4.69) is 4.98 Å². The Bertz CT molecular complexity index is 813. The van der Waals surface area contributed by atoms with Crippen LogP contribution in [-0.2, 0) is 16.6 Å². The second kappa shape index (κ2) is 7.96. The molecule has 2 rings (SSSR count). The quantitative estimate of drug-likeness (QED) is 0.588. The molecule has 2 unspecified atom stereocenters. The van der Waals surface area contributed by atoms with Gasteiger partial charge in [-0.2, -0.15) is 5.26 Å². The van der Waals surface area contributed by atoms with Crippen molar-refractivity contribution in [3.05, 3.63) is 54.1 Å². The van der Waals surface area contributed by atoms with E-state index in [0.717, 1.165) is 5.56 Å². The minimum atomic E-state index is -1.08. The number of hydrogen-bond donors (Lipinski definition) is 0. The predicted octanol–water partition coefficient (Wildman–Crippen LogP) is 3.26. The number of carbonyl (C=O) groups is 2. The fourth-order valence-electron chi connectivity index (χ4n) is 2.73. The Kier molecular flexibility index (Phi) is 5.93. The molecule has 0 amide bonds. The summed E-state index contributed by atoms with van der Waals surface area (Å²) < 4.78 is 7.02. The Morgan fingerprint density at radius 3 is 2.42 bits per heavy atom. The van der Waals surface area contributed by atoms with Gasteiger partial charge in [0.25, 0.3) is 0 Å². The van der Waals surface area contributed by atoms with E-state index < -0.39 is 23.4 Å². The van der Waals surface area contributed by atoms with E-state index in [0.29, 0.717) is 5.82 Å². The number of imidazole rings is 1. The molecular formula is C20H23N3O3. The molecule has 2 aromatic rings. The monoisotopic (exact) mass is 353 g/mol. The SMILES string of the molecule is Cn1ccnc1C(=O)CC(c1ccccc1)C(C#N)C(=O)OC(C)(C)C. The number of benzene rings is 1. The van der Waals surface area contributed by atoms with E-state index in [-0.39, 0.29) is 12.2 Å². The van der Waals surface area contributed by atoms with Gasteiger partial charge in [0.2, 0.25) is 0 Å². The smallest absolute Gasteiger partial charge is 0.324 e. The van der Waals surface area contributed by atoms with Gasteiger partial charge < -0.3 is 9.30 Å². The van der Waals surface area contributed by atoms with E-state index in [1.54, 1.807) is 44.8 Å². The van der Waals surface area contributed by atoms with Gasteiger partial charge in [-0.05, 0) is 26.3 Å². The minimum Gasteiger partial charge on any atom is -0.459 e. The van der Waals surface area contributed by atoms with Crippen LogP contribution in [0.25, 0.3) is 0 Å². The first-order chi connectivity index (χ1) is 12.2. The van der Waals surface area contributed by atoms with Crippen LogP contribution in [0.2, 0.25) is 0 Å². The Balaban J connectivity index is 2.35. The lowest BCUT2D eigenvalue weighted by Gasteiger charge is -2.25. The van der Waals surface area contributed by atoms with Crippen molar-refractivity contribution in [1.29, 1.82) is 5.26 Å². The van der Waals surface area contributed by atoms with Crippen molar-refractivity contribution in [3.8, 4) is 6.07 Å². The van der Waals surface area contributed by atoms with Gasteiger partial charge in [0, 0.05) is 31.8 Å². The van der Waals surface area contributed by atoms with Crippen molar-refractivity contribution in [2.24, 2.45) is 13.0 Å². The molecule has 0 saturated heterocycles.